The van der Waals surface area contributed by atoms with Crippen LogP contribution in [-0.2, 0) is 4.74 Å². The average molecular weight is 325 g/mol. The molecule has 0 spiro atoms. The number of piperidine rings is 1. The molecule has 0 aromatic rings. The van der Waals surface area contributed by atoms with Crippen LogP contribution >= 0.6 is 0 Å². The van der Waals surface area contributed by atoms with Crippen molar-refractivity contribution in [2.24, 2.45) is 4.99 Å². The Bertz CT molecular complexity index is 334. The molecule has 2 aliphatic heterocycles. The van der Waals surface area contributed by atoms with Gasteiger partial charge in [-0.05, 0) is 72.0 Å². The first kappa shape index (κ1) is 18.5. The molecule has 0 saturated carbocycles. The van der Waals surface area contributed by atoms with E-state index in [1.165, 1.54) is 45.3 Å². The van der Waals surface area contributed by atoms with Crippen molar-refractivity contribution >= 4 is 5.96 Å². The maximum atomic E-state index is 5.74. The van der Waals surface area contributed by atoms with Crippen LogP contribution in [0.4, 0.5) is 0 Å². The monoisotopic (exact) mass is 324 g/mol. The van der Waals surface area contributed by atoms with Gasteiger partial charge in [0.15, 0.2) is 5.96 Å². The van der Waals surface area contributed by atoms with E-state index in [9.17, 15) is 0 Å². The summed E-state index contributed by atoms with van der Waals surface area (Å²) in [5.41, 5.74) is 0. The molecule has 2 aliphatic rings. The lowest BCUT2D eigenvalue weighted by Crippen LogP contribution is -2.47. The molecule has 0 aromatic heterocycles. The molecule has 1 N–H and O–H groups in total. The van der Waals surface area contributed by atoms with Crippen molar-refractivity contribution in [3.05, 3.63) is 0 Å². The average Bonchev–Trinajstić information content (AvgIpc) is 3.08. The molecule has 134 valence electrons. The first-order valence-electron chi connectivity index (χ1n) is 9.70. The molecule has 0 aliphatic carbocycles. The third-order valence-electron chi connectivity index (χ3n) is 4.82. The maximum Gasteiger partial charge on any atom is 0.193 e. The van der Waals surface area contributed by atoms with E-state index < -0.39 is 0 Å². The van der Waals surface area contributed by atoms with E-state index in [-0.39, 0.29) is 0 Å². The third-order valence-corrected chi connectivity index (χ3v) is 4.82. The fourth-order valence-electron chi connectivity index (χ4n) is 3.53. The second-order valence-corrected chi connectivity index (χ2v) is 6.63. The van der Waals surface area contributed by atoms with E-state index in [0.717, 1.165) is 51.6 Å². The van der Waals surface area contributed by atoms with Crippen LogP contribution in [0.5, 0.6) is 0 Å². The van der Waals surface area contributed by atoms with Crippen LogP contribution in [0.2, 0.25) is 0 Å². The minimum absolute atomic E-state index is 0.444. The lowest BCUT2D eigenvalue weighted by atomic mass is 10.1. The van der Waals surface area contributed by atoms with Gasteiger partial charge in [-0.1, -0.05) is 0 Å². The van der Waals surface area contributed by atoms with E-state index in [1.54, 1.807) is 0 Å². The number of nitrogens with one attached hydrogen (secondary N) is 1. The van der Waals surface area contributed by atoms with E-state index in [1.807, 2.05) is 0 Å². The van der Waals surface area contributed by atoms with Gasteiger partial charge in [-0.3, -0.25) is 4.99 Å². The Labute approximate surface area is 142 Å². The van der Waals surface area contributed by atoms with Crippen LogP contribution in [-0.4, -0.2) is 74.3 Å². The molecule has 0 atom stereocenters. The van der Waals surface area contributed by atoms with Gasteiger partial charge in [0, 0.05) is 32.8 Å². The largest absolute Gasteiger partial charge is 0.378 e. The molecule has 0 radical (unpaired) electrons. The number of rotatable bonds is 8. The summed E-state index contributed by atoms with van der Waals surface area (Å²) >= 11 is 0. The normalized spacial score (nSPS) is 21.1. The fraction of sp³-hybridized carbons (Fsp3) is 0.944. The Morgan fingerprint density at radius 1 is 1.09 bits per heavy atom. The highest BCUT2D eigenvalue weighted by molar-refractivity contribution is 5.80. The van der Waals surface area contributed by atoms with Crippen LogP contribution < -0.4 is 5.32 Å². The summed E-state index contributed by atoms with van der Waals surface area (Å²) in [7, 11) is 0. The highest BCUT2D eigenvalue weighted by atomic mass is 16.5. The number of likely N-dealkylation sites (tertiary alicyclic amines) is 2. The molecule has 23 heavy (non-hydrogen) atoms. The Kier molecular flexibility index (Phi) is 8.76. The molecular weight excluding hydrogens is 288 g/mol. The third kappa shape index (κ3) is 6.68. The Morgan fingerprint density at radius 2 is 1.83 bits per heavy atom. The maximum absolute atomic E-state index is 5.74. The van der Waals surface area contributed by atoms with Crippen molar-refractivity contribution < 1.29 is 4.74 Å². The molecule has 0 amide bonds. The van der Waals surface area contributed by atoms with E-state index >= 15 is 0 Å². The minimum atomic E-state index is 0.444. The molecule has 0 aromatic carbocycles. The zero-order valence-corrected chi connectivity index (χ0v) is 15.2. The van der Waals surface area contributed by atoms with E-state index in [4.69, 9.17) is 9.73 Å². The zero-order chi connectivity index (χ0) is 16.3. The Morgan fingerprint density at radius 3 is 2.48 bits per heavy atom. The summed E-state index contributed by atoms with van der Waals surface area (Å²) in [5.74, 6) is 1.10. The van der Waals surface area contributed by atoms with Crippen LogP contribution in [0.15, 0.2) is 4.99 Å². The highest BCUT2D eigenvalue weighted by Crippen LogP contribution is 2.14. The topological polar surface area (TPSA) is 40.1 Å². The van der Waals surface area contributed by atoms with Crippen LogP contribution in [0.25, 0.3) is 0 Å². The molecule has 2 heterocycles. The van der Waals surface area contributed by atoms with Crippen molar-refractivity contribution in [1.82, 2.24) is 15.1 Å². The van der Waals surface area contributed by atoms with E-state index in [0.29, 0.717) is 6.10 Å². The number of hydrogen-bond donors (Lipinski definition) is 1. The molecule has 2 fully saturated rings. The van der Waals surface area contributed by atoms with Gasteiger partial charge >= 0.3 is 0 Å². The van der Waals surface area contributed by atoms with Gasteiger partial charge in [-0.15, -0.1) is 0 Å². The summed E-state index contributed by atoms with van der Waals surface area (Å²) in [6.07, 6.45) is 7.93. The second kappa shape index (κ2) is 10.9. The first-order chi connectivity index (χ1) is 11.3. The molecule has 2 rings (SSSR count). The first-order valence-corrected chi connectivity index (χ1v) is 9.70. The summed E-state index contributed by atoms with van der Waals surface area (Å²) in [6, 6.07) is 0. The second-order valence-electron chi connectivity index (χ2n) is 6.63. The SMILES string of the molecule is CCNC(=NCCCCN1CCCC1)N1CCC(OCC)CC1. The molecule has 0 unspecified atom stereocenters. The lowest BCUT2D eigenvalue weighted by Gasteiger charge is -2.34. The predicted molar refractivity (Wildman–Crippen MR) is 97.1 cm³/mol. The zero-order valence-electron chi connectivity index (χ0n) is 15.2. The van der Waals surface area contributed by atoms with Crippen molar-refractivity contribution in [1.29, 1.82) is 0 Å². The van der Waals surface area contributed by atoms with Crippen molar-refractivity contribution in [3.63, 3.8) is 0 Å². The van der Waals surface area contributed by atoms with Gasteiger partial charge in [-0.2, -0.15) is 0 Å². The Balaban J connectivity index is 1.67. The summed E-state index contributed by atoms with van der Waals surface area (Å²) in [4.78, 5) is 9.84. The van der Waals surface area contributed by atoms with Crippen LogP contribution in [0, 0.1) is 0 Å². The fourth-order valence-corrected chi connectivity index (χ4v) is 3.53. The lowest BCUT2D eigenvalue weighted by molar-refractivity contribution is 0.0264. The number of nitrogens with zero attached hydrogens (tertiary/aromatic N) is 3. The quantitative estimate of drug-likeness (QED) is 0.423. The van der Waals surface area contributed by atoms with Gasteiger partial charge < -0.3 is 19.9 Å². The smallest absolute Gasteiger partial charge is 0.193 e. The van der Waals surface area contributed by atoms with Crippen LogP contribution in [0.3, 0.4) is 0 Å². The molecule has 2 saturated heterocycles. The number of aliphatic imine (C=N–C) groups is 1. The summed E-state index contributed by atoms with van der Waals surface area (Å²) in [5, 5.41) is 3.46. The molecule has 5 heteroatoms. The number of hydrogen-bond acceptors (Lipinski definition) is 3. The summed E-state index contributed by atoms with van der Waals surface area (Å²) < 4.78 is 5.74. The summed E-state index contributed by atoms with van der Waals surface area (Å²) in [6.45, 7) is 12.9. The molecule has 0 bridgehead atoms. The molecular formula is C18H36N4O. The molecule has 5 nitrogen and oxygen atoms in total. The van der Waals surface area contributed by atoms with Gasteiger partial charge in [-0.25, -0.2) is 0 Å². The van der Waals surface area contributed by atoms with E-state index in [2.05, 4.69) is 29.0 Å². The van der Waals surface area contributed by atoms with Gasteiger partial charge in [0.2, 0.25) is 0 Å². The number of ether oxygens (including phenoxy) is 1. The van der Waals surface area contributed by atoms with Crippen LogP contribution in [0.1, 0.15) is 52.4 Å². The van der Waals surface area contributed by atoms with Gasteiger partial charge in [0.25, 0.3) is 0 Å². The van der Waals surface area contributed by atoms with Crippen molar-refractivity contribution in [3.8, 4) is 0 Å². The van der Waals surface area contributed by atoms with Gasteiger partial charge in [0.05, 0.1) is 6.10 Å². The Hall–Kier alpha value is -0.810. The number of guanidine groups is 1. The minimum Gasteiger partial charge on any atom is -0.378 e. The van der Waals surface area contributed by atoms with Crippen molar-refractivity contribution in [2.45, 2.75) is 58.5 Å². The highest BCUT2D eigenvalue weighted by Gasteiger charge is 2.21. The van der Waals surface area contributed by atoms with Gasteiger partial charge in [0.1, 0.15) is 0 Å². The standard InChI is InChI=1S/C18H36N4O/c1-3-19-18(22-15-9-17(10-16-22)23-4-2)20-11-5-6-12-21-13-7-8-14-21/h17H,3-16H2,1-2H3,(H,19,20). The predicted octanol–water partition coefficient (Wildman–Crippen LogP) is 2.33. The van der Waals surface area contributed by atoms with Crippen molar-refractivity contribution in [2.75, 3.05) is 52.4 Å². The number of unbranched alkanes of at least 4 members (excludes halogenated alkanes) is 1.